The summed E-state index contributed by atoms with van der Waals surface area (Å²) in [5.41, 5.74) is 2.38. The van der Waals surface area contributed by atoms with E-state index in [2.05, 4.69) is 48.4 Å². The zero-order chi connectivity index (χ0) is 11.5. The van der Waals surface area contributed by atoms with Gasteiger partial charge in [-0.2, -0.15) is 5.10 Å². The van der Waals surface area contributed by atoms with Crippen molar-refractivity contribution in [3.63, 3.8) is 0 Å². The van der Waals surface area contributed by atoms with E-state index in [4.69, 9.17) is 0 Å². The number of aromatic amines is 1. The number of hydrogen-bond donors (Lipinski definition) is 2. The smallest absolute Gasteiger partial charge is 0.0537 e. The molecule has 1 unspecified atom stereocenters. The summed E-state index contributed by atoms with van der Waals surface area (Å²) in [7, 11) is 0. The lowest BCUT2D eigenvalue weighted by Crippen LogP contribution is -2.17. The van der Waals surface area contributed by atoms with Crippen LogP contribution in [0.5, 0.6) is 0 Å². The minimum absolute atomic E-state index is 0.334. The zero-order valence-corrected chi connectivity index (χ0v) is 10.7. The predicted octanol–water partition coefficient (Wildman–Crippen LogP) is 2.94. The molecule has 2 aromatic heterocycles. The Morgan fingerprint density at radius 3 is 2.81 bits per heavy atom. The molecule has 0 saturated carbocycles. The fourth-order valence-corrected chi connectivity index (χ4v) is 2.58. The lowest BCUT2D eigenvalue weighted by atomic mass is 10.1. The van der Waals surface area contributed by atoms with Crippen LogP contribution in [0.3, 0.4) is 0 Å². The van der Waals surface area contributed by atoms with Gasteiger partial charge in [-0.3, -0.25) is 5.10 Å². The first-order valence-corrected chi connectivity index (χ1v) is 6.27. The van der Waals surface area contributed by atoms with Crippen LogP contribution in [0, 0.1) is 13.8 Å². The molecule has 0 aliphatic rings. The van der Waals surface area contributed by atoms with Gasteiger partial charge in [0, 0.05) is 33.6 Å². The van der Waals surface area contributed by atoms with Gasteiger partial charge < -0.3 is 5.32 Å². The van der Waals surface area contributed by atoms with Gasteiger partial charge in [-0.1, -0.05) is 0 Å². The Morgan fingerprint density at radius 1 is 1.44 bits per heavy atom. The van der Waals surface area contributed by atoms with Crippen LogP contribution in [0.15, 0.2) is 18.3 Å². The van der Waals surface area contributed by atoms with E-state index in [1.165, 1.54) is 15.3 Å². The Balaban J connectivity index is 1.93. The van der Waals surface area contributed by atoms with E-state index in [1.807, 2.05) is 17.5 Å². The molecule has 0 aromatic carbocycles. The quantitative estimate of drug-likeness (QED) is 0.855. The lowest BCUT2D eigenvalue weighted by molar-refractivity contribution is 0.576. The molecule has 2 heterocycles. The van der Waals surface area contributed by atoms with Gasteiger partial charge in [-0.25, -0.2) is 0 Å². The topological polar surface area (TPSA) is 40.7 Å². The molecule has 0 bridgehead atoms. The maximum absolute atomic E-state index is 4.04. The Bertz CT molecular complexity index is 458. The van der Waals surface area contributed by atoms with E-state index in [-0.39, 0.29) is 0 Å². The standard InChI is InChI=1S/C12H17N3S/c1-8-4-5-11(16-8)6-13-9(2)12-7-14-15-10(12)3/h4-5,7,9,13H,6H2,1-3H3,(H,14,15). The molecule has 2 aromatic rings. The van der Waals surface area contributed by atoms with Crippen LogP contribution in [0.4, 0.5) is 0 Å². The van der Waals surface area contributed by atoms with E-state index in [1.54, 1.807) is 0 Å². The normalized spacial score (nSPS) is 12.9. The van der Waals surface area contributed by atoms with Gasteiger partial charge in [0.1, 0.15) is 0 Å². The molecule has 0 radical (unpaired) electrons. The Labute approximate surface area is 99.9 Å². The third-order valence-electron chi connectivity index (χ3n) is 2.71. The predicted molar refractivity (Wildman–Crippen MR) is 67.6 cm³/mol. The Kier molecular flexibility index (Phi) is 3.41. The first kappa shape index (κ1) is 11.4. The number of aromatic nitrogens is 2. The number of thiophene rings is 1. The summed E-state index contributed by atoms with van der Waals surface area (Å²) < 4.78 is 0. The summed E-state index contributed by atoms with van der Waals surface area (Å²) in [5, 5.41) is 10.5. The monoisotopic (exact) mass is 235 g/mol. The van der Waals surface area contributed by atoms with Crippen LogP contribution in [0.25, 0.3) is 0 Å². The Morgan fingerprint density at radius 2 is 2.25 bits per heavy atom. The van der Waals surface area contributed by atoms with Gasteiger partial charge in [-0.05, 0) is 32.9 Å². The van der Waals surface area contributed by atoms with Crippen molar-refractivity contribution in [2.45, 2.75) is 33.4 Å². The van der Waals surface area contributed by atoms with Crippen LogP contribution in [-0.2, 0) is 6.54 Å². The number of hydrogen-bond acceptors (Lipinski definition) is 3. The molecule has 4 heteroatoms. The molecular weight excluding hydrogens is 218 g/mol. The second-order valence-corrected chi connectivity index (χ2v) is 5.44. The number of aryl methyl sites for hydroxylation is 2. The van der Waals surface area contributed by atoms with Crippen molar-refractivity contribution in [1.82, 2.24) is 15.5 Å². The highest BCUT2D eigenvalue weighted by Crippen LogP contribution is 2.18. The minimum Gasteiger partial charge on any atom is -0.305 e. The SMILES string of the molecule is Cc1ccc(CNC(C)c2cn[nH]c2C)s1. The van der Waals surface area contributed by atoms with Gasteiger partial charge in [0.05, 0.1) is 6.20 Å². The second kappa shape index (κ2) is 4.80. The molecule has 0 fully saturated rings. The third-order valence-corrected chi connectivity index (χ3v) is 3.71. The molecule has 0 aliphatic carbocycles. The number of nitrogens with one attached hydrogen (secondary N) is 2. The maximum Gasteiger partial charge on any atom is 0.0537 e. The van der Waals surface area contributed by atoms with E-state index in [0.29, 0.717) is 6.04 Å². The summed E-state index contributed by atoms with van der Waals surface area (Å²) in [6, 6.07) is 4.68. The van der Waals surface area contributed by atoms with Crippen LogP contribution in [0.2, 0.25) is 0 Å². The van der Waals surface area contributed by atoms with Crippen LogP contribution in [0.1, 0.15) is 34.0 Å². The lowest BCUT2D eigenvalue weighted by Gasteiger charge is -2.12. The molecule has 16 heavy (non-hydrogen) atoms. The largest absolute Gasteiger partial charge is 0.305 e. The van der Waals surface area contributed by atoms with E-state index in [0.717, 1.165) is 12.2 Å². The summed E-state index contributed by atoms with van der Waals surface area (Å²) in [6.07, 6.45) is 1.90. The zero-order valence-electron chi connectivity index (χ0n) is 9.87. The number of H-pyrrole nitrogens is 1. The van der Waals surface area contributed by atoms with Gasteiger partial charge in [0.2, 0.25) is 0 Å². The molecular formula is C12H17N3S. The fourth-order valence-electron chi connectivity index (χ4n) is 1.74. The van der Waals surface area contributed by atoms with Gasteiger partial charge in [-0.15, -0.1) is 11.3 Å². The van der Waals surface area contributed by atoms with Crippen molar-refractivity contribution in [3.05, 3.63) is 39.3 Å². The van der Waals surface area contributed by atoms with Crippen molar-refractivity contribution in [1.29, 1.82) is 0 Å². The highest BCUT2D eigenvalue weighted by atomic mass is 32.1. The van der Waals surface area contributed by atoms with Gasteiger partial charge in [0.25, 0.3) is 0 Å². The molecule has 3 nitrogen and oxygen atoms in total. The van der Waals surface area contributed by atoms with Crippen molar-refractivity contribution in [3.8, 4) is 0 Å². The summed E-state index contributed by atoms with van der Waals surface area (Å²) in [6.45, 7) is 7.27. The second-order valence-electron chi connectivity index (χ2n) is 4.07. The molecule has 1 atom stereocenters. The van der Waals surface area contributed by atoms with Gasteiger partial charge >= 0.3 is 0 Å². The first-order chi connectivity index (χ1) is 7.66. The number of nitrogens with zero attached hydrogens (tertiary/aromatic N) is 1. The molecule has 0 amide bonds. The molecule has 86 valence electrons. The fraction of sp³-hybridized carbons (Fsp3) is 0.417. The average Bonchev–Trinajstić information content (AvgIpc) is 2.84. The van der Waals surface area contributed by atoms with E-state index < -0.39 is 0 Å². The van der Waals surface area contributed by atoms with Gasteiger partial charge in [0.15, 0.2) is 0 Å². The third kappa shape index (κ3) is 2.51. The summed E-state index contributed by atoms with van der Waals surface area (Å²) >= 11 is 1.85. The van der Waals surface area contributed by atoms with E-state index >= 15 is 0 Å². The average molecular weight is 235 g/mol. The molecule has 0 spiro atoms. The summed E-state index contributed by atoms with van der Waals surface area (Å²) in [4.78, 5) is 2.74. The van der Waals surface area contributed by atoms with Crippen molar-refractivity contribution in [2.24, 2.45) is 0 Å². The summed E-state index contributed by atoms with van der Waals surface area (Å²) in [5.74, 6) is 0. The van der Waals surface area contributed by atoms with Crippen molar-refractivity contribution in [2.75, 3.05) is 0 Å². The highest BCUT2D eigenvalue weighted by molar-refractivity contribution is 7.11. The highest BCUT2D eigenvalue weighted by Gasteiger charge is 2.09. The number of rotatable bonds is 4. The maximum atomic E-state index is 4.04. The molecule has 2 N–H and O–H groups in total. The van der Waals surface area contributed by atoms with E-state index in [9.17, 15) is 0 Å². The van der Waals surface area contributed by atoms with Crippen LogP contribution >= 0.6 is 11.3 Å². The molecule has 0 aliphatic heterocycles. The van der Waals surface area contributed by atoms with Crippen molar-refractivity contribution < 1.29 is 0 Å². The van der Waals surface area contributed by atoms with Crippen LogP contribution in [-0.4, -0.2) is 10.2 Å². The Hall–Kier alpha value is -1.13. The first-order valence-electron chi connectivity index (χ1n) is 5.45. The minimum atomic E-state index is 0.334. The molecule has 2 rings (SSSR count). The van der Waals surface area contributed by atoms with Crippen LogP contribution < -0.4 is 5.32 Å². The molecule has 0 saturated heterocycles. The van der Waals surface area contributed by atoms with Crippen molar-refractivity contribution >= 4 is 11.3 Å².